The Kier molecular flexibility index (Phi) is 6.13. The topological polar surface area (TPSA) is 12.4 Å². The number of nitrogens with zero attached hydrogens (tertiary/aromatic N) is 1. The van der Waals surface area contributed by atoms with E-state index in [1.54, 1.807) is 0 Å². The van der Waals surface area contributed by atoms with Crippen LogP contribution in [0.4, 0.5) is 0 Å². The first-order valence-corrected chi connectivity index (χ1v) is 14.3. The molecule has 1 unspecified atom stereocenters. The minimum atomic E-state index is 0.164. The Bertz CT molecular complexity index is 2090. The molecule has 0 amide bonds. The van der Waals surface area contributed by atoms with Gasteiger partial charge < -0.3 is 0 Å². The zero-order valence-corrected chi connectivity index (χ0v) is 22.9. The van der Waals surface area contributed by atoms with Crippen molar-refractivity contribution in [1.82, 2.24) is 0 Å². The fourth-order valence-corrected chi connectivity index (χ4v) is 6.33. The highest BCUT2D eigenvalue weighted by Gasteiger charge is 2.24. The molecule has 1 nitrogen and oxygen atoms in total. The first-order chi connectivity index (χ1) is 19.8. The van der Waals surface area contributed by atoms with Crippen LogP contribution in [0.5, 0.6) is 0 Å². The molecule has 0 saturated carbocycles. The molecule has 0 N–H and O–H groups in total. The van der Waals surface area contributed by atoms with Gasteiger partial charge in [-0.3, -0.25) is 4.99 Å². The van der Waals surface area contributed by atoms with Crippen molar-refractivity contribution < 1.29 is 0 Å². The van der Waals surface area contributed by atoms with Crippen molar-refractivity contribution in [3.05, 3.63) is 155 Å². The van der Waals surface area contributed by atoms with Crippen molar-refractivity contribution in [2.45, 2.75) is 26.3 Å². The van der Waals surface area contributed by atoms with Crippen molar-refractivity contribution in [2.75, 3.05) is 0 Å². The fraction of sp³-hybridized carbons (Fsp3) is 0.103. The Morgan fingerprint density at radius 2 is 1.25 bits per heavy atom. The van der Waals surface area contributed by atoms with Crippen LogP contribution in [0.25, 0.3) is 49.0 Å². The molecule has 1 aliphatic heterocycles. The first kappa shape index (κ1) is 24.3. The monoisotopic (exact) mass is 513 g/mol. The molecule has 8 rings (SSSR count). The fourth-order valence-electron chi connectivity index (χ4n) is 6.33. The maximum atomic E-state index is 5.26. The van der Waals surface area contributed by atoms with Crippen LogP contribution in [0.1, 0.15) is 25.8 Å². The second-order valence-corrected chi connectivity index (χ2v) is 10.3. The largest absolute Gasteiger partial charge is 0.276 e. The van der Waals surface area contributed by atoms with Gasteiger partial charge in [0.05, 0.1) is 11.4 Å². The zero-order chi connectivity index (χ0) is 27.1. The summed E-state index contributed by atoms with van der Waals surface area (Å²) in [4.78, 5) is 5.26. The second kappa shape index (κ2) is 10.1. The van der Waals surface area contributed by atoms with Crippen molar-refractivity contribution in [3.8, 4) is 11.1 Å². The van der Waals surface area contributed by atoms with E-state index in [9.17, 15) is 0 Å². The number of hydrogen-bond acceptors (Lipinski definition) is 1. The first-order valence-electron chi connectivity index (χ1n) is 14.3. The summed E-state index contributed by atoms with van der Waals surface area (Å²) in [6.07, 6.45) is 7.62. The molecule has 0 aromatic heterocycles. The van der Waals surface area contributed by atoms with Crippen LogP contribution in [0.2, 0.25) is 0 Å². The predicted octanol–water partition coefficient (Wildman–Crippen LogP) is 8.93. The van der Waals surface area contributed by atoms with Crippen LogP contribution >= 0.6 is 0 Å². The molecule has 0 bridgehead atoms. The number of fused-ring (bicyclic) bond motifs is 7. The number of allylic oxidation sites excluding steroid dienone is 2. The smallest absolute Gasteiger partial charge is 0.0797 e. The third-order valence-electron chi connectivity index (χ3n) is 8.13. The van der Waals surface area contributed by atoms with Crippen LogP contribution in [0.15, 0.2) is 144 Å². The molecule has 1 aliphatic carbocycles. The summed E-state index contributed by atoms with van der Waals surface area (Å²) in [6.45, 7) is 4.00. The zero-order valence-electron chi connectivity index (χ0n) is 22.9. The van der Waals surface area contributed by atoms with E-state index < -0.39 is 0 Å². The third kappa shape index (κ3) is 3.89. The molecule has 0 saturated heterocycles. The Hall–Kier alpha value is -4.75. The lowest BCUT2D eigenvalue weighted by atomic mass is 9.84. The Morgan fingerprint density at radius 3 is 2.05 bits per heavy atom. The van der Waals surface area contributed by atoms with Gasteiger partial charge >= 0.3 is 0 Å². The molecule has 0 fully saturated rings. The molecule has 1 atom stereocenters. The van der Waals surface area contributed by atoms with Crippen molar-refractivity contribution in [1.29, 1.82) is 0 Å². The van der Waals surface area contributed by atoms with Gasteiger partial charge in [0.15, 0.2) is 0 Å². The predicted molar refractivity (Wildman–Crippen MR) is 171 cm³/mol. The van der Waals surface area contributed by atoms with Crippen molar-refractivity contribution >= 4 is 37.9 Å². The Labute approximate surface area is 235 Å². The summed E-state index contributed by atoms with van der Waals surface area (Å²) in [6, 6.07) is 42.2. The maximum absolute atomic E-state index is 5.26. The van der Waals surface area contributed by atoms with Gasteiger partial charge in [-0.05, 0) is 67.3 Å². The van der Waals surface area contributed by atoms with E-state index in [1.807, 2.05) is 13.8 Å². The van der Waals surface area contributed by atoms with Crippen LogP contribution in [-0.4, -0.2) is 6.04 Å². The molecule has 0 spiro atoms. The van der Waals surface area contributed by atoms with Crippen molar-refractivity contribution in [3.63, 3.8) is 0 Å². The molecular weight excluding hydrogens is 482 g/mol. The average Bonchev–Trinajstić information content (AvgIpc) is 3.04. The molecular formula is C39H31N. The van der Waals surface area contributed by atoms with Gasteiger partial charge in [0.25, 0.3) is 0 Å². The van der Waals surface area contributed by atoms with Crippen molar-refractivity contribution in [2.24, 2.45) is 4.99 Å². The number of rotatable bonds is 2. The van der Waals surface area contributed by atoms with Crippen LogP contribution in [0, 0.1) is 0 Å². The highest BCUT2D eigenvalue weighted by molar-refractivity contribution is 6.13. The lowest BCUT2D eigenvalue weighted by Crippen LogP contribution is -2.37. The van der Waals surface area contributed by atoms with Gasteiger partial charge in [0, 0.05) is 10.6 Å². The SMILES string of the molecule is C1=CCC2N=c3c(ccc4ccccc34)=C(c3ccc(-c4cc5ccccc5c5ccccc45)cc3)C2=C1.CC. The third-order valence-corrected chi connectivity index (χ3v) is 8.13. The summed E-state index contributed by atoms with van der Waals surface area (Å²) in [5.41, 5.74) is 6.39. The van der Waals surface area contributed by atoms with Gasteiger partial charge in [-0.25, -0.2) is 0 Å². The number of benzene rings is 6. The minimum absolute atomic E-state index is 0.164. The average molecular weight is 514 g/mol. The molecule has 6 aromatic rings. The van der Waals surface area contributed by atoms with Gasteiger partial charge in [-0.15, -0.1) is 0 Å². The van der Waals surface area contributed by atoms with Crippen LogP contribution < -0.4 is 10.6 Å². The van der Waals surface area contributed by atoms with Gasteiger partial charge in [0.2, 0.25) is 0 Å². The lowest BCUT2D eigenvalue weighted by Gasteiger charge is -2.25. The highest BCUT2D eigenvalue weighted by Crippen LogP contribution is 2.36. The van der Waals surface area contributed by atoms with E-state index in [1.165, 1.54) is 65.4 Å². The Morgan fingerprint density at radius 1 is 0.600 bits per heavy atom. The molecule has 6 aromatic carbocycles. The van der Waals surface area contributed by atoms with E-state index in [0.29, 0.717) is 0 Å². The second-order valence-electron chi connectivity index (χ2n) is 10.3. The number of hydrogen-bond donors (Lipinski definition) is 0. The normalized spacial score (nSPS) is 15.6. The van der Waals surface area contributed by atoms with E-state index in [2.05, 4.69) is 133 Å². The van der Waals surface area contributed by atoms with E-state index in [-0.39, 0.29) is 6.04 Å². The lowest BCUT2D eigenvalue weighted by molar-refractivity contribution is 0.764. The standard InChI is InChI=1S/C37H25N.C2H6/c1-4-12-29-24(9-1)21-22-33-36(32-15-7-8-16-35(32)38-37(29)33)26-19-17-25(18-20-26)34-23-27-10-2-3-11-28(27)30-13-5-6-14-31(30)34;1-2/h1-15,17-23,35H,16H2;1-2H3. The molecule has 1 heterocycles. The molecule has 0 radical (unpaired) electrons. The van der Waals surface area contributed by atoms with Gasteiger partial charge in [-0.2, -0.15) is 0 Å². The van der Waals surface area contributed by atoms with E-state index in [4.69, 9.17) is 4.99 Å². The Balaban J connectivity index is 0.00000130. The molecule has 2 aliphatic rings. The maximum Gasteiger partial charge on any atom is 0.0797 e. The molecule has 192 valence electrons. The molecule has 40 heavy (non-hydrogen) atoms. The summed E-state index contributed by atoms with van der Waals surface area (Å²) < 4.78 is 0. The van der Waals surface area contributed by atoms with Gasteiger partial charge in [0.1, 0.15) is 0 Å². The quantitative estimate of drug-likeness (QED) is 0.205. The summed E-state index contributed by atoms with van der Waals surface area (Å²) in [7, 11) is 0. The van der Waals surface area contributed by atoms with Gasteiger partial charge in [-0.1, -0.05) is 141 Å². The summed E-state index contributed by atoms with van der Waals surface area (Å²) in [5, 5.41) is 10.00. The minimum Gasteiger partial charge on any atom is -0.276 e. The summed E-state index contributed by atoms with van der Waals surface area (Å²) in [5.74, 6) is 0. The highest BCUT2D eigenvalue weighted by atomic mass is 14.8. The summed E-state index contributed by atoms with van der Waals surface area (Å²) >= 11 is 0. The van der Waals surface area contributed by atoms with E-state index >= 15 is 0 Å². The van der Waals surface area contributed by atoms with Crippen LogP contribution in [-0.2, 0) is 0 Å². The van der Waals surface area contributed by atoms with E-state index in [0.717, 1.165) is 11.8 Å². The van der Waals surface area contributed by atoms with Crippen LogP contribution in [0.3, 0.4) is 0 Å². The molecule has 1 heteroatoms.